The van der Waals surface area contributed by atoms with Crippen LogP contribution in [0.5, 0.6) is 0 Å². The molecule has 4 heteroatoms. The number of alkyl halides is 1. The fourth-order valence-corrected chi connectivity index (χ4v) is 1.55. The molecule has 0 spiro atoms. The van der Waals surface area contributed by atoms with Crippen molar-refractivity contribution in [3.8, 4) is 0 Å². The smallest absolute Gasteiger partial charge is 0.192 e. The standard InChI is InChI=1S/C9H9BrN2O/c1-6-12-8-4-7(11-5-10)2-3-9(8)13-6/h2-4,11H,5H2,1H3. The normalized spacial score (nSPS) is 10.6. The topological polar surface area (TPSA) is 38.1 Å². The quantitative estimate of drug-likeness (QED) is 0.648. The lowest BCUT2D eigenvalue weighted by molar-refractivity contribution is 0.561. The number of rotatable bonds is 2. The first-order valence-electron chi connectivity index (χ1n) is 3.96. The molecule has 0 aliphatic rings. The summed E-state index contributed by atoms with van der Waals surface area (Å²) in [6, 6.07) is 5.85. The number of oxazole rings is 1. The van der Waals surface area contributed by atoms with E-state index in [9.17, 15) is 0 Å². The van der Waals surface area contributed by atoms with Crippen LogP contribution in [0, 0.1) is 6.92 Å². The van der Waals surface area contributed by atoms with E-state index in [0.29, 0.717) is 5.89 Å². The highest BCUT2D eigenvalue weighted by Crippen LogP contribution is 2.19. The Morgan fingerprint density at radius 3 is 3.15 bits per heavy atom. The third-order valence-corrected chi connectivity index (χ3v) is 2.05. The van der Waals surface area contributed by atoms with E-state index in [1.54, 1.807) is 0 Å². The maximum Gasteiger partial charge on any atom is 0.192 e. The monoisotopic (exact) mass is 240 g/mol. The Morgan fingerprint density at radius 2 is 2.38 bits per heavy atom. The highest BCUT2D eigenvalue weighted by Gasteiger charge is 2.01. The number of halogens is 1. The highest BCUT2D eigenvalue weighted by atomic mass is 79.9. The fourth-order valence-electron chi connectivity index (χ4n) is 1.23. The molecule has 0 radical (unpaired) electrons. The Balaban J connectivity index is 2.48. The van der Waals surface area contributed by atoms with Gasteiger partial charge >= 0.3 is 0 Å². The molecule has 0 saturated carbocycles. The molecule has 0 atom stereocenters. The van der Waals surface area contributed by atoms with E-state index in [0.717, 1.165) is 22.2 Å². The summed E-state index contributed by atoms with van der Waals surface area (Å²) in [4.78, 5) is 4.23. The van der Waals surface area contributed by atoms with E-state index in [1.807, 2.05) is 25.1 Å². The van der Waals surface area contributed by atoms with E-state index in [1.165, 1.54) is 0 Å². The van der Waals surface area contributed by atoms with Gasteiger partial charge in [0.2, 0.25) is 0 Å². The van der Waals surface area contributed by atoms with Crippen molar-refractivity contribution in [2.24, 2.45) is 0 Å². The Bertz CT molecular complexity index is 424. The van der Waals surface area contributed by atoms with Gasteiger partial charge in [0.15, 0.2) is 11.5 Å². The summed E-state index contributed by atoms with van der Waals surface area (Å²) in [7, 11) is 0. The van der Waals surface area contributed by atoms with Crippen molar-refractivity contribution in [2.45, 2.75) is 6.92 Å². The van der Waals surface area contributed by atoms with Gasteiger partial charge < -0.3 is 9.73 Å². The SMILES string of the molecule is Cc1nc2cc(NCBr)ccc2o1. The summed E-state index contributed by atoms with van der Waals surface area (Å²) in [6.07, 6.45) is 0. The molecule has 3 nitrogen and oxygen atoms in total. The first-order chi connectivity index (χ1) is 6.29. The Kier molecular flexibility index (Phi) is 2.22. The van der Waals surface area contributed by atoms with Gasteiger partial charge in [0.25, 0.3) is 0 Å². The van der Waals surface area contributed by atoms with Crippen LogP contribution in [0.3, 0.4) is 0 Å². The summed E-state index contributed by atoms with van der Waals surface area (Å²) < 4.78 is 5.35. The van der Waals surface area contributed by atoms with Crippen molar-refractivity contribution < 1.29 is 4.42 Å². The largest absolute Gasteiger partial charge is 0.441 e. The molecule has 1 N–H and O–H groups in total. The summed E-state index contributed by atoms with van der Waals surface area (Å²) in [5, 5.41) is 3.14. The average molecular weight is 241 g/mol. The first kappa shape index (κ1) is 8.56. The Labute approximate surface area is 84.3 Å². The molecule has 2 rings (SSSR count). The van der Waals surface area contributed by atoms with Gasteiger partial charge in [-0.3, -0.25) is 0 Å². The molecule has 0 amide bonds. The first-order valence-corrected chi connectivity index (χ1v) is 5.09. The molecule has 1 aromatic heterocycles. The molecule has 0 aliphatic carbocycles. The molecule has 13 heavy (non-hydrogen) atoms. The van der Waals surface area contributed by atoms with Crippen LogP contribution in [0.1, 0.15) is 5.89 Å². The van der Waals surface area contributed by atoms with Gasteiger partial charge in [-0.1, -0.05) is 15.9 Å². The van der Waals surface area contributed by atoms with Crippen molar-refractivity contribution in [2.75, 3.05) is 10.8 Å². The van der Waals surface area contributed by atoms with Crippen molar-refractivity contribution >= 4 is 32.7 Å². The van der Waals surface area contributed by atoms with Gasteiger partial charge in [-0.15, -0.1) is 0 Å². The van der Waals surface area contributed by atoms with Crippen LogP contribution in [0.15, 0.2) is 22.6 Å². The van der Waals surface area contributed by atoms with Crippen LogP contribution in [0.25, 0.3) is 11.1 Å². The number of benzene rings is 1. The number of aromatic nitrogens is 1. The second kappa shape index (κ2) is 3.38. The van der Waals surface area contributed by atoms with E-state index in [2.05, 4.69) is 26.2 Å². The lowest BCUT2D eigenvalue weighted by Gasteiger charge is -1.99. The van der Waals surface area contributed by atoms with Crippen LogP contribution in [-0.2, 0) is 0 Å². The molecule has 68 valence electrons. The lowest BCUT2D eigenvalue weighted by atomic mass is 10.3. The maximum absolute atomic E-state index is 5.35. The van der Waals surface area contributed by atoms with Gasteiger partial charge in [-0.05, 0) is 18.2 Å². The predicted octanol–water partition coefficient (Wildman–Crippen LogP) is 2.90. The molecule has 0 fully saturated rings. The van der Waals surface area contributed by atoms with Crippen LogP contribution in [-0.4, -0.2) is 10.4 Å². The highest BCUT2D eigenvalue weighted by molar-refractivity contribution is 9.09. The summed E-state index contributed by atoms with van der Waals surface area (Å²) in [5.74, 6) is 0.700. The maximum atomic E-state index is 5.35. The summed E-state index contributed by atoms with van der Waals surface area (Å²) in [5.41, 5.74) is 3.49. The summed E-state index contributed by atoms with van der Waals surface area (Å²) >= 11 is 3.30. The van der Waals surface area contributed by atoms with Gasteiger partial charge in [-0.25, -0.2) is 4.98 Å². The predicted molar refractivity (Wildman–Crippen MR) is 56.2 cm³/mol. The zero-order chi connectivity index (χ0) is 9.26. The Hall–Kier alpha value is -1.03. The molecule has 1 aromatic carbocycles. The van der Waals surface area contributed by atoms with Gasteiger partial charge in [0, 0.05) is 12.6 Å². The number of hydrogen-bond acceptors (Lipinski definition) is 3. The second-order valence-corrected chi connectivity index (χ2v) is 3.29. The average Bonchev–Trinajstić information content (AvgIpc) is 2.44. The minimum absolute atomic E-state index is 0.700. The second-order valence-electron chi connectivity index (χ2n) is 2.73. The number of nitrogens with zero attached hydrogens (tertiary/aromatic N) is 1. The van der Waals surface area contributed by atoms with Crippen LogP contribution >= 0.6 is 15.9 Å². The van der Waals surface area contributed by atoms with Gasteiger partial charge in [0.05, 0.1) is 5.45 Å². The molecule has 0 bridgehead atoms. The molecular formula is C9H9BrN2O. The van der Waals surface area contributed by atoms with Crippen molar-refractivity contribution in [1.29, 1.82) is 0 Å². The summed E-state index contributed by atoms with van der Waals surface area (Å²) in [6.45, 7) is 1.84. The van der Waals surface area contributed by atoms with Crippen LogP contribution in [0.2, 0.25) is 0 Å². The zero-order valence-electron chi connectivity index (χ0n) is 7.17. The van der Waals surface area contributed by atoms with Crippen LogP contribution in [0.4, 0.5) is 5.69 Å². The number of aryl methyl sites for hydroxylation is 1. The fraction of sp³-hybridized carbons (Fsp3) is 0.222. The number of hydrogen-bond donors (Lipinski definition) is 1. The van der Waals surface area contributed by atoms with Crippen molar-refractivity contribution in [3.05, 3.63) is 24.1 Å². The van der Waals surface area contributed by atoms with E-state index in [-0.39, 0.29) is 0 Å². The third kappa shape index (κ3) is 1.67. The molecule has 0 unspecified atom stereocenters. The molecular weight excluding hydrogens is 232 g/mol. The van der Waals surface area contributed by atoms with E-state index >= 15 is 0 Å². The molecule has 1 heterocycles. The molecule has 2 aromatic rings. The van der Waals surface area contributed by atoms with Crippen LogP contribution < -0.4 is 5.32 Å². The van der Waals surface area contributed by atoms with Gasteiger partial charge in [-0.2, -0.15) is 0 Å². The molecule has 0 aliphatic heterocycles. The Morgan fingerprint density at radius 1 is 1.54 bits per heavy atom. The van der Waals surface area contributed by atoms with Crippen molar-refractivity contribution in [1.82, 2.24) is 4.98 Å². The van der Waals surface area contributed by atoms with Crippen molar-refractivity contribution in [3.63, 3.8) is 0 Å². The number of anilines is 1. The number of nitrogens with one attached hydrogen (secondary N) is 1. The minimum atomic E-state index is 0.700. The molecule has 0 saturated heterocycles. The van der Waals surface area contributed by atoms with E-state index < -0.39 is 0 Å². The van der Waals surface area contributed by atoms with E-state index in [4.69, 9.17) is 4.42 Å². The zero-order valence-corrected chi connectivity index (χ0v) is 8.76. The minimum Gasteiger partial charge on any atom is -0.441 e. The number of fused-ring (bicyclic) bond motifs is 1. The van der Waals surface area contributed by atoms with Gasteiger partial charge in [0.1, 0.15) is 5.52 Å². The third-order valence-electron chi connectivity index (χ3n) is 1.77. The lowest BCUT2D eigenvalue weighted by Crippen LogP contribution is -1.92.